The maximum atomic E-state index is 13.2. The molecule has 29 heavy (non-hydrogen) atoms. The number of nitrogens with zero attached hydrogens (tertiary/aromatic N) is 2. The van der Waals surface area contributed by atoms with Gasteiger partial charge in [-0.2, -0.15) is 0 Å². The number of piperazine rings is 1. The lowest BCUT2D eigenvalue weighted by Crippen LogP contribution is -2.53. The number of nitrogens with one attached hydrogen (secondary N) is 3. The second-order valence-corrected chi connectivity index (χ2v) is 8.21. The number of urea groups is 1. The lowest BCUT2D eigenvalue weighted by atomic mass is 10.1. The molecule has 3 aliphatic rings. The van der Waals surface area contributed by atoms with Crippen LogP contribution in [0.1, 0.15) is 43.0 Å². The summed E-state index contributed by atoms with van der Waals surface area (Å²) in [5.41, 5.74) is 1.64. The highest BCUT2D eigenvalue weighted by molar-refractivity contribution is 6.06. The first-order valence-corrected chi connectivity index (χ1v) is 10.5. The minimum Gasteiger partial charge on any atom is -0.352 e. The average molecular weight is 399 g/mol. The predicted octanol–water partition coefficient (Wildman–Crippen LogP) is 1.78. The number of amides is 4. The predicted molar refractivity (Wildman–Crippen MR) is 111 cm³/mol. The molecular weight excluding hydrogens is 370 g/mol. The van der Waals surface area contributed by atoms with E-state index in [1.165, 1.54) is 12.8 Å². The van der Waals surface area contributed by atoms with E-state index in [1.54, 1.807) is 23.1 Å². The van der Waals surface area contributed by atoms with Crippen LogP contribution in [-0.4, -0.2) is 61.5 Å². The van der Waals surface area contributed by atoms with Gasteiger partial charge in [0.05, 0.1) is 11.4 Å². The largest absolute Gasteiger partial charge is 0.352 e. The molecule has 8 heteroatoms. The van der Waals surface area contributed by atoms with E-state index in [4.69, 9.17) is 0 Å². The van der Waals surface area contributed by atoms with Crippen LogP contribution in [0, 0.1) is 5.92 Å². The minimum atomic E-state index is -0.267. The first-order chi connectivity index (χ1) is 14.0. The maximum Gasteiger partial charge on any atom is 0.324 e. The summed E-state index contributed by atoms with van der Waals surface area (Å²) < 4.78 is 0. The van der Waals surface area contributed by atoms with Gasteiger partial charge in [0.1, 0.15) is 0 Å². The van der Waals surface area contributed by atoms with E-state index in [1.807, 2.05) is 11.8 Å². The van der Waals surface area contributed by atoms with Crippen molar-refractivity contribution >= 4 is 29.2 Å². The lowest BCUT2D eigenvalue weighted by molar-refractivity contribution is -0.116. The van der Waals surface area contributed by atoms with Gasteiger partial charge in [-0.3, -0.25) is 14.5 Å². The standard InChI is InChI=1S/C21H29N5O3/c1-14-12-19(27)24-17-13-16(20(28)23-7-6-15-2-3-15)4-5-18(17)26(14)21(29)25-10-8-22-9-11-25/h4-5,13-15,22H,2-3,6-12H2,1H3,(H,23,28)(H,24,27). The summed E-state index contributed by atoms with van der Waals surface area (Å²) in [6, 6.07) is 4.81. The number of carbonyl (C=O) groups is 3. The topological polar surface area (TPSA) is 93.8 Å². The van der Waals surface area contributed by atoms with E-state index in [0.717, 1.165) is 25.4 Å². The van der Waals surface area contributed by atoms with E-state index < -0.39 is 0 Å². The van der Waals surface area contributed by atoms with Gasteiger partial charge < -0.3 is 20.9 Å². The highest BCUT2D eigenvalue weighted by atomic mass is 16.2. The number of anilines is 2. The Kier molecular flexibility index (Phi) is 5.71. The first-order valence-electron chi connectivity index (χ1n) is 10.5. The molecule has 1 saturated carbocycles. The van der Waals surface area contributed by atoms with Crippen LogP contribution in [0.25, 0.3) is 0 Å². The van der Waals surface area contributed by atoms with Crippen molar-refractivity contribution < 1.29 is 14.4 Å². The first kappa shape index (κ1) is 19.7. The molecule has 0 spiro atoms. The molecule has 1 saturated heterocycles. The highest BCUT2D eigenvalue weighted by Crippen LogP contribution is 2.34. The molecule has 0 aromatic heterocycles. The molecule has 8 nitrogen and oxygen atoms in total. The van der Waals surface area contributed by atoms with Crippen LogP contribution in [0.2, 0.25) is 0 Å². The SMILES string of the molecule is CC1CC(=O)Nc2cc(C(=O)NCCC3CC3)ccc2N1C(=O)N1CCNCC1. The molecule has 4 rings (SSSR count). The van der Waals surface area contributed by atoms with Gasteiger partial charge in [0, 0.05) is 50.7 Å². The summed E-state index contributed by atoms with van der Waals surface area (Å²) in [5.74, 6) is 0.452. The summed E-state index contributed by atoms with van der Waals surface area (Å²) >= 11 is 0. The van der Waals surface area contributed by atoms with Crippen LogP contribution in [0.5, 0.6) is 0 Å². The number of fused-ring (bicyclic) bond motifs is 1. The molecule has 1 atom stereocenters. The van der Waals surface area contributed by atoms with Crippen molar-refractivity contribution in [2.75, 3.05) is 42.9 Å². The molecule has 0 bridgehead atoms. The Morgan fingerprint density at radius 2 is 1.97 bits per heavy atom. The monoisotopic (exact) mass is 399 g/mol. The van der Waals surface area contributed by atoms with Crippen molar-refractivity contribution in [1.29, 1.82) is 0 Å². The number of hydrogen-bond acceptors (Lipinski definition) is 4. The third-order valence-corrected chi connectivity index (χ3v) is 5.84. The Hall–Kier alpha value is -2.61. The van der Waals surface area contributed by atoms with E-state index >= 15 is 0 Å². The summed E-state index contributed by atoms with van der Waals surface area (Å²) in [6.45, 7) is 5.35. The fourth-order valence-electron chi connectivity index (χ4n) is 3.98. The minimum absolute atomic E-state index is 0.0987. The zero-order valence-electron chi connectivity index (χ0n) is 16.9. The van der Waals surface area contributed by atoms with Gasteiger partial charge in [-0.1, -0.05) is 12.8 Å². The van der Waals surface area contributed by atoms with E-state index in [0.29, 0.717) is 36.6 Å². The number of carbonyl (C=O) groups excluding carboxylic acids is 3. The van der Waals surface area contributed by atoms with Gasteiger partial charge >= 0.3 is 6.03 Å². The fraction of sp³-hybridized carbons (Fsp3) is 0.571. The zero-order valence-corrected chi connectivity index (χ0v) is 16.9. The van der Waals surface area contributed by atoms with Crippen molar-refractivity contribution in [3.8, 4) is 0 Å². The molecule has 1 aromatic carbocycles. The lowest BCUT2D eigenvalue weighted by Gasteiger charge is -2.35. The second kappa shape index (κ2) is 8.41. The van der Waals surface area contributed by atoms with Crippen LogP contribution in [0.3, 0.4) is 0 Å². The highest BCUT2D eigenvalue weighted by Gasteiger charge is 2.33. The Balaban J connectivity index is 1.56. The van der Waals surface area contributed by atoms with E-state index in [9.17, 15) is 14.4 Å². The van der Waals surface area contributed by atoms with Gasteiger partial charge in [0.25, 0.3) is 5.91 Å². The molecule has 3 N–H and O–H groups in total. The van der Waals surface area contributed by atoms with Crippen molar-refractivity contribution in [3.05, 3.63) is 23.8 Å². The van der Waals surface area contributed by atoms with Gasteiger partial charge in [-0.05, 0) is 37.5 Å². The van der Waals surface area contributed by atoms with E-state index in [2.05, 4.69) is 16.0 Å². The molecular formula is C21H29N5O3. The van der Waals surface area contributed by atoms with Crippen LogP contribution in [0.4, 0.5) is 16.2 Å². The quantitative estimate of drug-likeness (QED) is 0.719. The van der Waals surface area contributed by atoms with Gasteiger partial charge in [0.15, 0.2) is 0 Å². The maximum absolute atomic E-state index is 13.2. The summed E-state index contributed by atoms with van der Waals surface area (Å²) in [6.07, 6.45) is 3.75. The molecule has 2 heterocycles. The normalized spacial score (nSPS) is 21.8. The molecule has 156 valence electrons. The van der Waals surface area contributed by atoms with Crippen molar-refractivity contribution in [2.45, 2.75) is 38.6 Å². The molecule has 2 fully saturated rings. The van der Waals surface area contributed by atoms with Crippen LogP contribution >= 0.6 is 0 Å². The number of benzene rings is 1. The summed E-state index contributed by atoms with van der Waals surface area (Å²) in [7, 11) is 0. The Labute approximate surface area is 171 Å². The molecule has 0 radical (unpaired) electrons. The average Bonchev–Trinajstić information content (AvgIpc) is 3.54. The zero-order chi connectivity index (χ0) is 20.4. The van der Waals surface area contributed by atoms with Gasteiger partial charge in [-0.25, -0.2) is 4.79 Å². The van der Waals surface area contributed by atoms with Crippen LogP contribution in [-0.2, 0) is 4.79 Å². The molecule has 1 aliphatic carbocycles. The second-order valence-electron chi connectivity index (χ2n) is 8.21. The van der Waals surface area contributed by atoms with Crippen molar-refractivity contribution in [2.24, 2.45) is 5.92 Å². The molecule has 1 aromatic rings. The number of hydrogen-bond donors (Lipinski definition) is 3. The third-order valence-electron chi connectivity index (χ3n) is 5.84. The van der Waals surface area contributed by atoms with Gasteiger partial charge in [-0.15, -0.1) is 0 Å². The van der Waals surface area contributed by atoms with Gasteiger partial charge in [0.2, 0.25) is 5.91 Å². The van der Waals surface area contributed by atoms with E-state index in [-0.39, 0.29) is 30.3 Å². The smallest absolute Gasteiger partial charge is 0.324 e. The van der Waals surface area contributed by atoms with Crippen LogP contribution < -0.4 is 20.9 Å². The third kappa shape index (κ3) is 4.53. The molecule has 1 unspecified atom stereocenters. The summed E-state index contributed by atoms with van der Waals surface area (Å²) in [4.78, 5) is 41.6. The Bertz CT molecular complexity index is 802. The van der Waals surface area contributed by atoms with Crippen LogP contribution in [0.15, 0.2) is 18.2 Å². The molecule has 2 aliphatic heterocycles. The molecule has 4 amide bonds. The number of rotatable bonds is 4. The Morgan fingerprint density at radius 1 is 1.21 bits per heavy atom. The Morgan fingerprint density at radius 3 is 2.69 bits per heavy atom. The summed E-state index contributed by atoms with van der Waals surface area (Å²) in [5, 5.41) is 9.07. The van der Waals surface area contributed by atoms with Crippen molar-refractivity contribution in [1.82, 2.24) is 15.5 Å². The van der Waals surface area contributed by atoms with Crippen molar-refractivity contribution in [3.63, 3.8) is 0 Å². The fourth-order valence-corrected chi connectivity index (χ4v) is 3.98.